The first-order chi connectivity index (χ1) is 9.34. The molecule has 3 atom stereocenters. The monoisotopic (exact) mass is 294 g/mol. The van der Waals surface area contributed by atoms with Gasteiger partial charge in [-0.1, -0.05) is 11.6 Å². The van der Waals surface area contributed by atoms with Crippen LogP contribution in [-0.2, 0) is 4.79 Å². The quantitative estimate of drug-likeness (QED) is 0.848. The molecule has 0 amide bonds. The minimum atomic E-state index is -1.51. The van der Waals surface area contributed by atoms with Crippen molar-refractivity contribution in [1.82, 2.24) is 0 Å². The van der Waals surface area contributed by atoms with Crippen molar-refractivity contribution in [3.05, 3.63) is 35.0 Å². The SMILES string of the molecule is CC1(O)C(C(=O)O)C1C(=O)c1cc(Cl)c2occc2c1. The number of halogens is 1. The molecule has 5 nitrogen and oxygen atoms in total. The van der Waals surface area contributed by atoms with Crippen molar-refractivity contribution in [2.24, 2.45) is 11.8 Å². The molecule has 1 aliphatic rings. The smallest absolute Gasteiger partial charge is 0.310 e. The highest BCUT2D eigenvalue weighted by molar-refractivity contribution is 6.35. The maximum atomic E-state index is 12.3. The first-order valence-electron chi connectivity index (χ1n) is 6.00. The summed E-state index contributed by atoms with van der Waals surface area (Å²) in [7, 11) is 0. The van der Waals surface area contributed by atoms with Crippen molar-refractivity contribution in [2.45, 2.75) is 12.5 Å². The number of rotatable bonds is 3. The number of hydrogen-bond donors (Lipinski definition) is 2. The van der Waals surface area contributed by atoms with Gasteiger partial charge in [0.05, 0.1) is 28.7 Å². The molecule has 3 rings (SSSR count). The highest BCUT2D eigenvalue weighted by Crippen LogP contribution is 2.52. The molecule has 1 heterocycles. The van der Waals surface area contributed by atoms with Gasteiger partial charge in [-0.2, -0.15) is 0 Å². The Balaban J connectivity index is 2.00. The summed E-state index contributed by atoms with van der Waals surface area (Å²) in [6.45, 7) is 1.35. The fourth-order valence-electron chi connectivity index (χ4n) is 2.67. The van der Waals surface area contributed by atoms with Gasteiger partial charge in [0.15, 0.2) is 11.4 Å². The summed E-state index contributed by atoms with van der Waals surface area (Å²) in [5.41, 5.74) is -0.765. The Morgan fingerprint density at radius 2 is 2.05 bits per heavy atom. The van der Waals surface area contributed by atoms with Crippen LogP contribution in [0.15, 0.2) is 28.9 Å². The molecule has 0 spiro atoms. The number of carboxylic acids is 1. The van der Waals surface area contributed by atoms with E-state index in [0.29, 0.717) is 11.0 Å². The number of carbonyl (C=O) groups excluding carboxylic acids is 1. The molecule has 0 radical (unpaired) electrons. The van der Waals surface area contributed by atoms with Crippen LogP contribution in [0.5, 0.6) is 0 Å². The number of carbonyl (C=O) groups is 2. The number of fused-ring (bicyclic) bond motifs is 1. The second-order valence-corrected chi connectivity index (χ2v) is 5.59. The molecule has 1 saturated carbocycles. The van der Waals surface area contributed by atoms with Crippen LogP contribution >= 0.6 is 11.6 Å². The summed E-state index contributed by atoms with van der Waals surface area (Å²) in [5, 5.41) is 19.9. The maximum Gasteiger partial charge on any atom is 0.310 e. The van der Waals surface area contributed by atoms with E-state index in [1.54, 1.807) is 12.1 Å². The average Bonchev–Trinajstić information content (AvgIpc) is 2.73. The molecule has 0 aliphatic heterocycles. The zero-order chi connectivity index (χ0) is 14.7. The molecule has 6 heteroatoms. The zero-order valence-electron chi connectivity index (χ0n) is 10.5. The molecule has 2 aromatic rings. The molecular weight excluding hydrogens is 284 g/mol. The lowest BCUT2D eigenvalue weighted by Gasteiger charge is -2.03. The minimum Gasteiger partial charge on any atom is -0.481 e. The van der Waals surface area contributed by atoms with Gasteiger partial charge in [-0.15, -0.1) is 0 Å². The highest BCUT2D eigenvalue weighted by atomic mass is 35.5. The number of hydrogen-bond acceptors (Lipinski definition) is 4. The van der Waals surface area contributed by atoms with E-state index in [-0.39, 0.29) is 10.6 Å². The summed E-state index contributed by atoms with van der Waals surface area (Å²) < 4.78 is 5.17. The van der Waals surface area contributed by atoms with Crippen LogP contribution in [0.1, 0.15) is 17.3 Å². The predicted octanol–water partition coefficient (Wildman–Crippen LogP) is 2.35. The number of benzene rings is 1. The van der Waals surface area contributed by atoms with Gasteiger partial charge in [-0.25, -0.2) is 0 Å². The number of furan rings is 1. The van der Waals surface area contributed by atoms with Gasteiger partial charge >= 0.3 is 5.97 Å². The van der Waals surface area contributed by atoms with Crippen molar-refractivity contribution >= 4 is 34.3 Å². The van der Waals surface area contributed by atoms with Crippen LogP contribution in [0.2, 0.25) is 5.02 Å². The van der Waals surface area contributed by atoms with E-state index in [9.17, 15) is 14.7 Å². The lowest BCUT2D eigenvalue weighted by molar-refractivity contribution is -0.140. The summed E-state index contributed by atoms with van der Waals surface area (Å²) in [5.74, 6) is -3.62. The molecule has 3 unspecified atom stereocenters. The number of carboxylic acid groups (broad SMARTS) is 1. The molecule has 2 N–H and O–H groups in total. The van der Waals surface area contributed by atoms with Gasteiger partial charge in [0.25, 0.3) is 0 Å². The number of Topliss-reactive ketones (excluding diaryl/α,β-unsaturated/α-hetero) is 1. The average molecular weight is 295 g/mol. The van der Waals surface area contributed by atoms with Crippen LogP contribution in [0.3, 0.4) is 0 Å². The number of aliphatic carboxylic acids is 1. The van der Waals surface area contributed by atoms with Crippen LogP contribution < -0.4 is 0 Å². The molecular formula is C14H11ClO5. The van der Waals surface area contributed by atoms with Crippen LogP contribution in [0, 0.1) is 11.8 Å². The topological polar surface area (TPSA) is 87.7 Å². The number of aliphatic hydroxyl groups is 1. The zero-order valence-corrected chi connectivity index (χ0v) is 11.2. The van der Waals surface area contributed by atoms with Gasteiger partial charge in [-0.3, -0.25) is 9.59 Å². The Labute approximate surface area is 118 Å². The Kier molecular flexibility index (Phi) is 2.68. The Morgan fingerprint density at radius 3 is 2.65 bits per heavy atom. The van der Waals surface area contributed by atoms with E-state index in [1.807, 2.05) is 0 Å². The van der Waals surface area contributed by atoms with E-state index in [1.165, 1.54) is 19.3 Å². The largest absolute Gasteiger partial charge is 0.481 e. The number of ketones is 1. The van der Waals surface area contributed by atoms with Crippen molar-refractivity contribution in [2.75, 3.05) is 0 Å². The van der Waals surface area contributed by atoms with Gasteiger partial charge in [0.1, 0.15) is 0 Å². The second-order valence-electron chi connectivity index (χ2n) is 5.18. The standard InChI is InChI=1S/C14H11ClO5/c1-14(19)9(10(14)13(17)18)11(16)7-4-6-2-3-20-12(6)8(15)5-7/h2-5,9-10,19H,1H3,(H,17,18). The van der Waals surface area contributed by atoms with Gasteiger partial charge in [0, 0.05) is 10.9 Å². The van der Waals surface area contributed by atoms with Crippen LogP contribution in [-0.4, -0.2) is 27.6 Å². The molecule has 1 aromatic heterocycles. The van der Waals surface area contributed by atoms with Gasteiger partial charge in [-0.05, 0) is 25.1 Å². The Hall–Kier alpha value is -1.85. The predicted molar refractivity (Wildman–Crippen MR) is 70.8 cm³/mol. The third kappa shape index (κ3) is 1.74. The van der Waals surface area contributed by atoms with Crippen LogP contribution in [0.4, 0.5) is 0 Å². The summed E-state index contributed by atoms with van der Waals surface area (Å²) >= 11 is 6.02. The van der Waals surface area contributed by atoms with Gasteiger partial charge in [0.2, 0.25) is 0 Å². The third-order valence-electron chi connectivity index (χ3n) is 3.82. The first kappa shape index (κ1) is 13.1. The molecule has 1 aliphatic carbocycles. The summed E-state index contributed by atoms with van der Waals surface area (Å²) in [6, 6.07) is 4.68. The van der Waals surface area contributed by atoms with Gasteiger partial charge < -0.3 is 14.6 Å². The normalized spacial score (nSPS) is 28.6. The Morgan fingerprint density at radius 1 is 1.35 bits per heavy atom. The second kappa shape index (κ2) is 4.07. The first-order valence-corrected chi connectivity index (χ1v) is 6.38. The highest BCUT2D eigenvalue weighted by Gasteiger charge is 2.68. The fourth-order valence-corrected chi connectivity index (χ4v) is 2.94. The summed E-state index contributed by atoms with van der Waals surface area (Å²) in [6.07, 6.45) is 1.46. The maximum absolute atomic E-state index is 12.3. The van der Waals surface area contributed by atoms with E-state index in [0.717, 1.165) is 0 Å². The van der Waals surface area contributed by atoms with Crippen molar-refractivity contribution in [3.8, 4) is 0 Å². The lowest BCUT2D eigenvalue weighted by atomic mass is 10.0. The molecule has 0 saturated heterocycles. The Bertz CT molecular complexity index is 730. The van der Waals surface area contributed by atoms with Crippen molar-refractivity contribution in [1.29, 1.82) is 0 Å². The van der Waals surface area contributed by atoms with E-state index in [2.05, 4.69) is 0 Å². The minimum absolute atomic E-state index is 0.276. The van der Waals surface area contributed by atoms with E-state index < -0.39 is 29.2 Å². The summed E-state index contributed by atoms with van der Waals surface area (Å²) in [4.78, 5) is 23.4. The van der Waals surface area contributed by atoms with E-state index in [4.69, 9.17) is 21.1 Å². The molecule has 1 fully saturated rings. The van der Waals surface area contributed by atoms with Crippen molar-refractivity contribution < 1.29 is 24.2 Å². The molecule has 104 valence electrons. The van der Waals surface area contributed by atoms with Crippen LogP contribution in [0.25, 0.3) is 11.0 Å². The molecule has 0 bridgehead atoms. The molecule has 20 heavy (non-hydrogen) atoms. The fraction of sp³-hybridized carbons (Fsp3) is 0.286. The third-order valence-corrected chi connectivity index (χ3v) is 4.10. The lowest BCUT2D eigenvalue weighted by Crippen LogP contribution is -2.13. The van der Waals surface area contributed by atoms with E-state index >= 15 is 0 Å². The molecule has 1 aromatic carbocycles. The van der Waals surface area contributed by atoms with Crippen molar-refractivity contribution in [3.63, 3.8) is 0 Å².